The number of rotatable bonds is 7. The minimum Gasteiger partial charge on any atom is -0.462 e. The molecule has 0 radical (unpaired) electrons. The number of ether oxygens (including phenoxy) is 1. The van der Waals surface area contributed by atoms with Crippen LogP contribution in [0, 0.1) is 0 Å². The number of esters is 1. The molecule has 6 nitrogen and oxygen atoms in total. The van der Waals surface area contributed by atoms with Gasteiger partial charge in [-0.15, -0.1) is 0 Å². The summed E-state index contributed by atoms with van der Waals surface area (Å²) in [5.41, 5.74) is 2.80. The van der Waals surface area contributed by atoms with Crippen molar-refractivity contribution in [2.24, 2.45) is 0 Å². The van der Waals surface area contributed by atoms with Gasteiger partial charge in [0.1, 0.15) is 12.7 Å². The zero-order valence-electron chi connectivity index (χ0n) is 13.2. The fourth-order valence-corrected chi connectivity index (χ4v) is 2.32. The van der Waals surface area contributed by atoms with Crippen molar-refractivity contribution in [2.45, 2.75) is 19.4 Å². The molecule has 0 spiro atoms. The van der Waals surface area contributed by atoms with E-state index in [-0.39, 0.29) is 5.97 Å². The van der Waals surface area contributed by atoms with Gasteiger partial charge in [-0.05, 0) is 48.2 Å². The lowest BCUT2D eigenvalue weighted by atomic mass is 10.1. The number of nitrogens with zero attached hydrogens (tertiary/aromatic N) is 4. The van der Waals surface area contributed by atoms with Crippen molar-refractivity contribution in [1.82, 2.24) is 19.7 Å². The van der Waals surface area contributed by atoms with E-state index in [0.29, 0.717) is 18.7 Å². The Hall–Kier alpha value is -3.02. The van der Waals surface area contributed by atoms with Crippen LogP contribution >= 0.6 is 0 Å². The fourth-order valence-electron chi connectivity index (χ4n) is 2.32. The molecule has 122 valence electrons. The summed E-state index contributed by atoms with van der Waals surface area (Å²) in [5.74, 6) is -0.294. The van der Waals surface area contributed by atoms with Gasteiger partial charge < -0.3 is 4.74 Å². The maximum Gasteiger partial charge on any atom is 0.338 e. The highest BCUT2D eigenvalue weighted by molar-refractivity contribution is 5.89. The van der Waals surface area contributed by atoms with Crippen LogP contribution < -0.4 is 0 Å². The molecule has 0 aliphatic heterocycles. The first-order valence-corrected chi connectivity index (χ1v) is 7.78. The number of benzene rings is 1. The van der Waals surface area contributed by atoms with E-state index in [0.717, 1.165) is 18.4 Å². The first-order chi connectivity index (χ1) is 11.8. The molecule has 2 heterocycles. The highest BCUT2D eigenvalue weighted by Gasteiger charge is 2.07. The van der Waals surface area contributed by atoms with E-state index in [9.17, 15) is 4.79 Å². The number of pyridine rings is 1. The molecular formula is C18H18N4O2. The third-order valence-corrected chi connectivity index (χ3v) is 3.59. The largest absolute Gasteiger partial charge is 0.462 e. The highest BCUT2D eigenvalue weighted by Crippen LogP contribution is 2.08. The summed E-state index contributed by atoms with van der Waals surface area (Å²) in [6, 6.07) is 11.3. The summed E-state index contributed by atoms with van der Waals surface area (Å²) >= 11 is 0. The molecule has 0 fully saturated rings. The summed E-state index contributed by atoms with van der Waals surface area (Å²) in [5, 5.41) is 4.05. The van der Waals surface area contributed by atoms with E-state index in [1.54, 1.807) is 35.5 Å². The molecule has 0 amide bonds. The maximum atomic E-state index is 12.0. The topological polar surface area (TPSA) is 69.9 Å². The molecule has 0 atom stereocenters. The van der Waals surface area contributed by atoms with Crippen molar-refractivity contribution in [3.63, 3.8) is 0 Å². The second-order valence-corrected chi connectivity index (χ2v) is 5.38. The summed E-state index contributed by atoms with van der Waals surface area (Å²) in [7, 11) is 0. The van der Waals surface area contributed by atoms with E-state index < -0.39 is 0 Å². The van der Waals surface area contributed by atoms with Crippen LogP contribution in [0.15, 0.2) is 61.4 Å². The van der Waals surface area contributed by atoms with E-state index in [2.05, 4.69) is 15.1 Å². The molecule has 3 rings (SSSR count). The number of hydrogen-bond acceptors (Lipinski definition) is 5. The van der Waals surface area contributed by atoms with Crippen molar-refractivity contribution in [1.29, 1.82) is 0 Å². The third kappa shape index (κ3) is 4.49. The van der Waals surface area contributed by atoms with Crippen LogP contribution in [-0.2, 0) is 17.7 Å². The van der Waals surface area contributed by atoms with Gasteiger partial charge in [0.15, 0.2) is 0 Å². The fraction of sp³-hybridized carbons (Fsp3) is 0.222. The van der Waals surface area contributed by atoms with Crippen molar-refractivity contribution >= 4 is 5.97 Å². The molecule has 3 aromatic rings. The van der Waals surface area contributed by atoms with Gasteiger partial charge in [0, 0.05) is 12.4 Å². The molecule has 0 aliphatic carbocycles. The molecule has 0 saturated carbocycles. The van der Waals surface area contributed by atoms with Gasteiger partial charge in [-0.2, -0.15) is 5.10 Å². The number of carbonyl (C=O) groups excluding carboxylic acids is 1. The lowest BCUT2D eigenvalue weighted by Gasteiger charge is -2.06. The Bertz CT molecular complexity index is 755. The Morgan fingerprint density at radius 2 is 1.79 bits per heavy atom. The van der Waals surface area contributed by atoms with Gasteiger partial charge >= 0.3 is 5.97 Å². The predicted molar refractivity (Wildman–Crippen MR) is 88.4 cm³/mol. The van der Waals surface area contributed by atoms with Crippen LogP contribution in [0.5, 0.6) is 0 Å². The van der Waals surface area contributed by atoms with Gasteiger partial charge in [0.25, 0.3) is 0 Å². The standard InChI is InChI=1S/C18H18N4O2/c23-18(24-11-1-2-15-7-9-19-10-8-15)17-5-3-16(4-6-17)12-22-14-20-13-21-22/h3-10,13-14H,1-2,11-12H2. The van der Waals surface area contributed by atoms with Crippen molar-refractivity contribution in [2.75, 3.05) is 6.61 Å². The number of aromatic nitrogens is 4. The molecular weight excluding hydrogens is 304 g/mol. The Morgan fingerprint density at radius 3 is 2.50 bits per heavy atom. The summed E-state index contributed by atoms with van der Waals surface area (Å²) < 4.78 is 7.04. The monoisotopic (exact) mass is 322 g/mol. The Morgan fingerprint density at radius 1 is 1.00 bits per heavy atom. The lowest BCUT2D eigenvalue weighted by Crippen LogP contribution is -2.07. The SMILES string of the molecule is O=C(OCCCc1ccncc1)c1ccc(Cn2cncn2)cc1. The maximum absolute atomic E-state index is 12.0. The van der Waals surface area contributed by atoms with Crippen molar-refractivity contribution < 1.29 is 9.53 Å². The minimum absolute atomic E-state index is 0.294. The average Bonchev–Trinajstić information content (AvgIpc) is 3.13. The van der Waals surface area contributed by atoms with Crippen LogP contribution in [-0.4, -0.2) is 32.3 Å². The van der Waals surface area contributed by atoms with Gasteiger partial charge in [-0.3, -0.25) is 4.98 Å². The summed E-state index contributed by atoms with van der Waals surface area (Å²) in [6.07, 6.45) is 8.35. The van der Waals surface area contributed by atoms with Crippen LogP contribution in [0.3, 0.4) is 0 Å². The van der Waals surface area contributed by atoms with Gasteiger partial charge in [-0.25, -0.2) is 14.5 Å². The van der Waals surface area contributed by atoms with Gasteiger partial charge in [0.2, 0.25) is 0 Å². The molecule has 0 unspecified atom stereocenters. The Labute approximate surface area is 140 Å². The van der Waals surface area contributed by atoms with Gasteiger partial charge in [0.05, 0.1) is 18.7 Å². The first kappa shape index (κ1) is 15.9. The highest BCUT2D eigenvalue weighted by atomic mass is 16.5. The molecule has 0 saturated heterocycles. The molecule has 0 aliphatic rings. The van der Waals surface area contributed by atoms with Crippen molar-refractivity contribution in [3.8, 4) is 0 Å². The van der Waals surface area contributed by atoms with Crippen LogP contribution in [0.2, 0.25) is 0 Å². The molecule has 1 aromatic carbocycles. The second-order valence-electron chi connectivity index (χ2n) is 5.38. The van der Waals surface area contributed by atoms with E-state index in [1.165, 1.54) is 11.9 Å². The number of hydrogen-bond donors (Lipinski definition) is 0. The zero-order chi connectivity index (χ0) is 16.6. The molecule has 0 N–H and O–H groups in total. The molecule has 0 bridgehead atoms. The predicted octanol–water partition coefficient (Wildman–Crippen LogP) is 2.51. The Balaban J connectivity index is 1.44. The first-order valence-electron chi connectivity index (χ1n) is 7.78. The van der Waals surface area contributed by atoms with Crippen molar-refractivity contribution in [3.05, 3.63) is 78.1 Å². The number of carbonyl (C=O) groups is 1. The second kappa shape index (κ2) is 8.01. The molecule has 6 heteroatoms. The summed E-state index contributed by atoms with van der Waals surface area (Å²) in [4.78, 5) is 19.9. The Kier molecular flexibility index (Phi) is 5.29. The number of aryl methyl sites for hydroxylation is 1. The zero-order valence-corrected chi connectivity index (χ0v) is 13.2. The quantitative estimate of drug-likeness (QED) is 0.494. The lowest BCUT2D eigenvalue weighted by molar-refractivity contribution is 0.0500. The van der Waals surface area contributed by atoms with E-state index in [1.807, 2.05) is 24.3 Å². The molecule has 2 aromatic heterocycles. The molecule has 24 heavy (non-hydrogen) atoms. The average molecular weight is 322 g/mol. The van der Waals surface area contributed by atoms with Crippen LogP contribution in [0.25, 0.3) is 0 Å². The third-order valence-electron chi connectivity index (χ3n) is 3.59. The normalized spacial score (nSPS) is 10.5. The van der Waals surface area contributed by atoms with Crippen LogP contribution in [0.1, 0.15) is 27.9 Å². The van der Waals surface area contributed by atoms with E-state index >= 15 is 0 Å². The van der Waals surface area contributed by atoms with E-state index in [4.69, 9.17) is 4.74 Å². The summed E-state index contributed by atoms with van der Waals surface area (Å²) in [6.45, 7) is 1.03. The van der Waals surface area contributed by atoms with Gasteiger partial charge in [-0.1, -0.05) is 12.1 Å². The smallest absolute Gasteiger partial charge is 0.338 e. The minimum atomic E-state index is -0.294. The van der Waals surface area contributed by atoms with Crippen LogP contribution in [0.4, 0.5) is 0 Å².